The first-order valence-electron chi connectivity index (χ1n) is 5.14. The van der Waals surface area contributed by atoms with E-state index in [2.05, 4.69) is 4.18 Å². The SMILES string of the molecule is C[C@@H]1CC(=O)[C@@]2(OS(=O)(=O)C(F)(F)F)CC2C1. The number of rotatable bonds is 2. The minimum absolute atomic E-state index is 0.0697. The van der Waals surface area contributed by atoms with Crippen LogP contribution in [0.1, 0.15) is 26.2 Å². The van der Waals surface area contributed by atoms with Gasteiger partial charge < -0.3 is 0 Å². The van der Waals surface area contributed by atoms with Crippen LogP contribution in [-0.4, -0.2) is 25.3 Å². The van der Waals surface area contributed by atoms with Crippen molar-refractivity contribution in [3.63, 3.8) is 0 Å². The number of ketones is 1. The van der Waals surface area contributed by atoms with Crippen molar-refractivity contribution in [1.29, 1.82) is 0 Å². The number of Topliss-reactive ketones (excluding diaryl/α,β-unsaturated/α-hetero) is 1. The maximum Gasteiger partial charge on any atom is 0.523 e. The van der Waals surface area contributed by atoms with Crippen molar-refractivity contribution < 1.29 is 30.6 Å². The van der Waals surface area contributed by atoms with Gasteiger partial charge in [-0.15, -0.1) is 0 Å². The molecule has 4 nitrogen and oxygen atoms in total. The molecule has 0 aromatic rings. The zero-order valence-corrected chi connectivity index (χ0v) is 9.77. The van der Waals surface area contributed by atoms with Crippen LogP contribution in [0.2, 0.25) is 0 Å². The van der Waals surface area contributed by atoms with Crippen molar-refractivity contribution in [2.24, 2.45) is 11.8 Å². The third-order valence-electron chi connectivity index (χ3n) is 3.28. The van der Waals surface area contributed by atoms with Crippen molar-refractivity contribution in [2.75, 3.05) is 0 Å². The lowest BCUT2D eigenvalue weighted by Gasteiger charge is -2.24. The molecule has 2 saturated carbocycles. The number of alkyl halides is 3. The molecule has 0 heterocycles. The molecule has 0 saturated heterocycles. The van der Waals surface area contributed by atoms with Gasteiger partial charge in [-0.3, -0.25) is 4.79 Å². The molecule has 8 heteroatoms. The number of hydrogen-bond acceptors (Lipinski definition) is 4. The fraction of sp³-hybridized carbons (Fsp3) is 0.889. The summed E-state index contributed by atoms with van der Waals surface area (Å²) >= 11 is 0. The second-order valence-electron chi connectivity index (χ2n) is 4.74. The Morgan fingerprint density at radius 2 is 2.00 bits per heavy atom. The Kier molecular flexibility index (Phi) is 2.59. The molecule has 2 rings (SSSR count). The first kappa shape index (κ1) is 12.8. The third kappa shape index (κ3) is 1.97. The maximum absolute atomic E-state index is 12.2. The third-order valence-corrected chi connectivity index (χ3v) is 4.37. The van der Waals surface area contributed by atoms with E-state index in [-0.39, 0.29) is 18.8 Å². The van der Waals surface area contributed by atoms with Gasteiger partial charge in [-0.25, -0.2) is 4.18 Å². The van der Waals surface area contributed by atoms with Crippen LogP contribution in [0.4, 0.5) is 13.2 Å². The molecule has 0 radical (unpaired) electrons. The minimum atomic E-state index is -5.69. The zero-order valence-electron chi connectivity index (χ0n) is 8.95. The molecule has 0 aromatic carbocycles. The number of fused-ring (bicyclic) bond motifs is 1. The summed E-state index contributed by atoms with van der Waals surface area (Å²) in [5, 5.41) is 0. The summed E-state index contributed by atoms with van der Waals surface area (Å²) in [5.41, 5.74) is -7.20. The van der Waals surface area contributed by atoms with Gasteiger partial charge in [0.1, 0.15) is 5.60 Å². The van der Waals surface area contributed by atoms with E-state index < -0.39 is 32.9 Å². The highest BCUT2D eigenvalue weighted by Gasteiger charge is 2.68. The van der Waals surface area contributed by atoms with Gasteiger partial charge in [0.05, 0.1) is 0 Å². The lowest BCUT2D eigenvalue weighted by Crippen LogP contribution is -2.40. The Morgan fingerprint density at radius 1 is 1.41 bits per heavy atom. The molecule has 17 heavy (non-hydrogen) atoms. The van der Waals surface area contributed by atoms with Crippen molar-refractivity contribution in [2.45, 2.75) is 37.3 Å². The second kappa shape index (κ2) is 3.44. The number of hydrogen-bond donors (Lipinski definition) is 0. The van der Waals surface area contributed by atoms with Crippen molar-refractivity contribution in [3.8, 4) is 0 Å². The molecule has 0 amide bonds. The molecule has 3 atom stereocenters. The van der Waals surface area contributed by atoms with Gasteiger partial charge in [0.15, 0.2) is 5.78 Å². The Balaban J connectivity index is 2.20. The van der Waals surface area contributed by atoms with E-state index in [1.165, 1.54) is 0 Å². The van der Waals surface area contributed by atoms with E-state index >= 15 is 0 Å². The standard InChI is InChI=1S/C9H11F3O4S/c1-5-2-6-4-8(6,7(13)3-5)16-17(14,15)9(10,11)12/h5-6H,2-4H2,1H3/t5-,6?,8+/m0/s1. The average molecular weight is 272 g/mol. The van der Waals surface area contributed by atoms with Crippen molar-refractivity contribution in [3.05, 3.63) is 0 Å². The van der Waals surface area contributed by atoms with Crippen LogP contribution < -0.4 is 0 Å². The van der Waals surface area contributed by atoms with Gasteiger partial charge in [-0.2, -0.15) is 21.6 Å². The molecule has 0 aromatic heterocycles. The lowest BCUT2D eigenvalue weighted by molar-refractivity contribution is -0.132. The lowest BCUT2D eigenvalue weighted by atomic mass is 9.88. The van der Waals surface area contributed by atoms with Crippen LogP contribution in [0, 0.1) is 11.8 Å². The van der Waals surface area contributed by atoms with E-state index in [9.17, 15) is 26.4 Å². The maximum atomic E-state index is 12.2. The van der Waals surface area contributed by atoms with Crippen LogP contribution in [-0.2, 0) is 19.1 Å². The fourth-order valence-electron chi connectivity index (χ4n) is 2.37. The van der Waals surface area contributed by atoms with E-state index in [1.54, 1.807) is 6.92 Å². The normalized spacial score (nSPS) is 37.8. The largest absolute Gasteiger partial charge is 0.523 e. The van der Waals surface area contributed by atoms with Gasteiger partial charge in [0, 0.05) is 12.3 Å². The summed E-state index contributed by atoms with van der Waals surface area (Å²) in [6.45, 7) is 1.80. The molecule has 98 valence electrons. The van der Waals surface area contributed by atoms with Gasteiger partial charge >= 0.3 is 15.6 Å². The van der Waals surface area contributed by atoms with Gasteiger partial charge in [0.25, 0.3) is 0 Å². The summed E-state index contributed by atoms with van der Waals surface area (Å²) in [6.07, 6.45) is 0.675. The Hall–Kier alpha value is -0.630. The van der Waals surface area contributed by atoms with Crippen LogP contribution in [0.3, 0.4) is 0 Å². The van der Waals surface area contributed by atoms with Crippen LogP contribution in [0.5, 0.6) is 0 Å². The Labute approximate surface area is 96.3 Å². The molecule has 2 aliphatic rings. The highest BCUT2D eigenvalue weighted by molar-refractivity contribution is 7.87. The molecular formula is C9H11F3O4S. The fourth-order valence-corrected chi connectivity index (χ4v) is 3.16. The first-order valence-corrected chi connectivity index (χ1v) is 6.54. The molecule has 0 N–H and O–H groups in total. The van der Waals surface area contributed by atoms with Gasteiger partial charge in [-0.1, -0.05) is 6.92 Å². The Bertz CT molecular complexity index is 455. The summed E-state index contributed by atoms with van der Waals surface area (Å²) in [7, 11) is -5.69. The van der Waals surface area contributed by atoms with Crippen LogP contribution in [0.25, 0.3) is 0 Å². The monoisotopic (exact) mass is 272 g/mol. The molecule has 0 bridgehead atoms. The molecule has 1 unspecified atom stereocenters. The number of halogens is 3. The number of carbonyl (C=O) groups is 1. The summed E-state index contributed by atoms with van der Waals surface area (Å²) in [6, 6.07) is 0. The van der Waals surface area contributed by atoms with Crippen LogP contribution in [0.15, 0.2) is 0 Å². The second-order valence-corrected chi connectivity index (χ2v) is 6.28. The van der Waals surface area contributed by atoms with E-state index in [4.69, 9.17) is 0 Å². The Morgan fingerprint density at radius 3 is 2.47 bits per heavy atom. The predicted octanol–water partition coefficient (Wildman–Crippen LogP) is 1.61. The molecular weight excluding hydrogens is 261 g/mol. The smallest absolute Gasteiger partial charge is 0.296 e. The molecule has 2 aliphatic carbocycles. The zero-order chi connectivity index (χ0) is 13.1. The van der Waals surface area contributed by atoms with E-state index in [1.807, 2.05) is 0 Å². The van der Waals surface area contributed by atoms with Crippen LogP contribution >= 0.6 is 0 Å². The van der Waals surface area contributed by atoms with Crippen molar-refractivity contribution in [1.82, 2.24) is 0 Å². The summed E-state index contributed by atoms with van der Waals surface area (Å²) < 4.78 is 62.4. The average Bonchev–Trinajstić information content (AvgIpc) is 2.75. The van der Waals surface area contributed by atoms with Gasteiger partial charge in [0.2, 0.25) is 0 Å². The van der Waals surface area contributed by atoms with E-state index in [0.29, 0.717) is 6.42 Å². The minimum Gasteiger partial charge on any atom is -0.296 e. The predicted molar refractivity (Wildman–Crippen MR) is 50.3 cm³/mol. The topological polar surface area (TPSA) is 60.4 Å². The van der Waals surface area contributed by atoms with Crippen molar-refractivity contribution >= 4 is 15.9 Å². The summed E-state index contributed by atoms with van der Waals surface area (Å²) in [5.74, 6) is -0.856. The van der Waals surface area contributed by atoms with E-state index in [0.717, 1.165) is 0 Å². The molecule has 2 fully saturated rings. The summed E-state index contributed by atoms with van der Waals surface area (Å²) in [4.78, 5) is 11.6. The quantitative estimate of drug-likeness (QED) is 0.566. The first-order chi connectivity index (χ1) is 7.58. The molecule has 0 aliphatic heterocycles. The highest BCUT2D eigenvalue weighted by atomic mass is 32.2. The van der Waals surface area contributed by atoms with Gasteiger partial charge in [-0.05, 0) is 18.8 Å². The highest BCUT2D eigenvalue weighted by Crippen LogP contribution is 2.57. The number of carbonyl (C=O) groups excluding carboxylic acids is 1. The molecule has 0 spiro atoms.